The molecule has 1 aromatic rings. The molecule has 0 spiro atoms. The first-order valence-corrected chi connectivity index (χ1v) is 9.16. The van der Waals surface area contributed by atoms with Crippen LogP contribution < -0.4 is 10.1 Å². The van der Waals surface area contributed by atoms with Gasteiger partial charge in [-0.3, -0.25) is 19.7 Å². The average Bonchev–Trinajstić information content (AvgIpc) is 3.24. The molecule has 0 saturated heterocycles. The van der Waals surface area contributed by atoms with E-state index in [1.165, 1.54) is 38.5 Å². The number of nitro benzene ring substituents is 1. The summed E-state index contributed by atoms with van der Waals surface area (Å²) in [7, 11) is 1.32. The monoisotopic (exact) mass is 376 g/mol. The Morgan fingerprint density at radius 3 is 2.67 bits per heavy atom. The lowest BCUT2D eigenvalue weighted by molar-refractivity contribution is -0.385. The van der Waals surface area contributed by atoms with Gasteiger partial charge >= 0.3 is 11.7 Å². The normalized spacial score (nSPS) is 23.1. The SMILES string of the molecule is COc1cc(NC(=O)COC(=O)C[C@H]2C[C@@H]3CC[C@@H]2C3)c(C)cc1[N+](=O)[O-]. The molecule has 2 bridgehead atoms. The van der Waals surface area contributed by atoms with Crippen molar-refractivity contribution in [2.45, 2.75) is 39.0 Å². The number of methoxy groups -OCH3 is 1. The second-order valence-electron chi connectivity index (χ2n) is 7.44. The van der Waals surface area contributed by atoms with Crippen molar-refractivity contribution >= 4 is 23.3 Å². The highest BCUT2D eigenvalue weighted by Crippen LogP contribution is 2.49. The number of carbonyl (C=O) groups is 2. The van der Waals surface area contributed by atoms with Crippen LogP contribution in [0.4, 0.5) is 11.4 Å². The van der Waals surface area contributed by atoms with Gasteiger partial charge < -0.3 is 14.8 Å². The molecule has 2 aliphatic rings. The lowest BCUT2D eigenvalue weighted by Crippen LogP contribution is -2.23. The Bertz CT molecular complexity index is 763. The van der Waals surface area contributed by atoms with E-state index in [4.69, 9.17) is 9.47 Å². The van der Waals surface area contributed by atoms with Crippen molar-refractivity contribution in [3.63, 3.8) is 0 Å². The van der Waals surface area contributed by atoms with Crippen LogP contribution in [0, 0.1) is 34.8 Å². The molecule has 3 rings (SSSR count). The molecule has 1 N–H and O–H groups in total. The number of nitrogens with zero attached hydrogens (tertiary/aromatic N) is 1. The van der Waals surface area contributed by atoms with Gasteiger partial charge in [0, 0.05) is 24.2 Å². The number of hydrogen-bond donors (Lipinski definition) is 1. The van der Waals surface area contributed by atoms with Gasteiger partial charge in [0.05, 0.1) is 12.0 Å². The number of fused-ring (bicyclic) bond motifs is 2. The lowest BCUT2D eigenvalue weighted by atomic mass is 9.86. The lowest BCUT2D eigenvalue weighted by Gasteiger charge is -2.20. The van der Waals surface area contributed by atoms with Gasteiger partial charge in [-0.15, -0.1) is 0 Å². The van der Waals surface area contributed by atoms with E-state index in [0.717, 1.165) is 12.3 Å². The van der Waals surface area contributed by atoms with Gasteiger partial charge in [0.25, 0.3) is 5.91 Å². The van der Waals surface area contributed by atoms with E-state index < -0.39 is 10.8 Å². The Hall–Kier alpha value is -2.64. The van der Waals surface area contributed by atoms with E-state index in [9.17, 15) is 19.7 Å². The molecule has 2 aliphatic carbocycles. The predicted molar refractivity (Wildman–Crippen MR) is 97.5 cm³/mol. The minimum Gasteiger partial charge on any atom is -0.490 e. The maximum absolute atomic E-state index is 12.1. The van der Waals surface area contributed by atoms with Gasteiger partial charge in [-0.2, -0.15) is 0 Å². The maximum Gasteiger partial charge on any atom is 0.311 e. The first-order valence-electron chi connectivity index (χ1n) is 9.16. The van der Waals surface area contributed by atoms with Gasteiger partial charge in [-0.25, -0.2) is 0 Å². The number of amides is 1. The second kappa shape index (κ2) is 7.94. The smallest absolute Gasteiger partial charge is 0.311 e. The predicted octanol–water partition coefficient (Wildman–Crippen LogP) is 3.22. The summed E-state index contributed by atoms with van der Waals surface area (Å²) in [5, 5.41) is 13.6. The molecular formula is C19H24N2O6. The molecule has 3 atom stereocenters. The number of hydrogen-bond acceptors (Lipinski definition) is 6. The van der Waals surface area contributed by atoms with Gasteiger partial charge in [0.2, 0.25) is 0 Å². The maximum atomic E-state index is 12.1. The zero-order valence-electron chi connectivity index (χ0n) is 15.5. The minimum absolute atomic E-state index is 0.0502. The van der Waals surface area contributed by atoms with Crippen molar-refractivity contribution in [1.29, 1.82) is 0 Å². The van der Waals surface area contributed by atoms with Crippen LogP contribution in [0.3, 0.4) is 0 Å². The van der Waals surface area contributed by atoms with Gasteiger partial charge in [0.15, 0.2) is 12.4 Å². The van der Waals surface area contributed by atoms with Gasteiger partial charge in [0.1, 0.15) is 0 Å². The fraction of sp³-hybridized carbons (Fsp3) is 0.579. The van der Waals surface area contributed by atoms with E-state index in [0.29, 0.717) is 29.5 Å². The van der Waals surface area contributed by atoms with Crippen molar-refractivity contribution in [3.8, 4) is 5.75 Å². The van der Waals surface area contributed by atoms with E-state index in [-0.39, 0.29) is 24.0 Å². The average molecular weight is 376 g/mol. The van der Waals surface area contributed by atoms with Crippen molar-refractivity contribution in [1.82, 2.24) is 0 Å². The Balaban J connectivity index is 1.51. The van der Waals surface area contributed by atoms with Crippen LogP contribution in [0.5, 0.6) is 5.75 Å². The molecule has 0 aromatic heterocycles. The van der Waals surface area contributed by atoms with Crippen LogP contribution >= 0.6 is 0 Å². The third kappa shape index (κ3) is 4.37. The topological polar surface area (TPSA) is 108 Å². The highest BCUT2D eigenvalue weighted by atomic mass is 16.6. The molecule has 8 heteroatoms. The van der Waals surface area contributed by atoms with Crippen molar-refractivity contribution in [3.05, 3.63) is 27.8 Å². The van der Waals surface area contributed by atoms with Gasteiger partial charge in [-0.05, 0) is 49.5 Å². The van der Waals surface area contributed by atoms with Crippen LogP contribution in [-0.2, 0) is 14.3 Å². The minimum atomic E-state index is -0.547. The molecule has 1 amide bonds. The fourth-order valence-electron chi connectivity index (χ4n) is 4.35. The number of anilines is 1. The summed E-state index contributed by atoms with van der Waals surface area (Å²) in [4.78, 5) is 34.6. The first-order chi connectivity index (χ1) is 12.9. The van der Waals surface area contributed by atoms with Gasteiger partial charge in [-0.1, -0.05) is 6.42 Å². The molecule has 0 heterocycles. The number of aryl methyl sites for hydroxylation is 1. The summed E-state index contributed by atoms with van der Waals surface area (Å²) in [5.74, 6) is 0.994. The Kier molecular flexibility index (Phi) is 5.62. The number of benzene rings is 1. The summed E-state index contributed by atoms with van der Waals surface area (Å²) in [5.41, 5.74) is 0.723. The summed E-state index contributed by atoms with van der Waals surface area (Å²) in [6.07, 6.45) is 5.16. The molecule has 1 aromatic carbocycles. The van der Waals surface area contributed by atoms with Crippen molar-refractivity contribution in [2.24, 2.45) is 17.8 Å². The molecular weight excluding hydrogens is 352 g/mol. The van der Waals surface area contributed by atoms with E-state index in [1.807, 2.05) is 0 Å². The van der Waals surface area contributed by atoms with Crippen molar-refractivity contribution < 1.29 is 24.0 Å². The molecule has 0 aliphatic heterocycles. The molecule has 146 valence electrons. The molecule has 2 saturated carbocycles. The fourth-order valence-corrected chi connectivity index (χ4v) is 4.35. The zero-order chi connectivity index (χ0) is 19.6. The molecule has 8 nitrogen and oxygen atoms in total. The Labute approximate surface area is 157 Å². The summed E-state index contributed by atoms with van der Waals surface area (Å²) < 4.78 is 10.1. The largest absolute Gasteiger partial charge is 0.490 e. The number of carbonyl (C=O) groups excluding carboxylic acids is 2. The third-order valence-corrected chi connectivity index (χ3v) is 5.67. The third-order valence-electron chi connectivity index (χ3n) is 5.67. The van der Waals surface area contributed by atoms with E-state index >= 15 is 0 Å². The molecule has 0 unspecified atom stereocenters. The number of nitro groups is 1. The first kappa shape index (κ1) is 19.1. The standard InChI is InChI=1S/C19H24N2O6/c1-11-5-16(21(24)25)17(26-2)9-15(11)20-18(22)10-27-19(23)8-14-7-12-3-4-13(14)6-12/h5,9,12-14H,3-4,6-8,10H2,1-2H3,(H,20,22)/t12-,13-,14-/m1/s1. The van der Waals surface area contributed by atoms with Crippen LogP contribution in [0.25, 0.3) is 0 Å². The highest BCUT2D eigenvalue weighted by Gasteiger charge is 2.40. The number of esters is 1. The van der Waals surface area contributed by atoms with Crippen LogP contribution in [0.2, 0.25) is 0 Å². The van der Waals surface area contributed by atoms with E-state index in [2.05, 4.69) is 5.32 Å². The molecule has 27 heavy (non-hydrogen) atoms. The number of ether oxygens (including phenoxy) is 2. The summed E-state index contributed by atoms with van der Waals surface area (Å²) in [6.45, 7) is 1.27. The zero-order valence-corrected chi connectivity index (χ0v) is 15.5. The number of rotatable bonds is 7. The summed E-state index contributed by atoms with van der Waals surface area (Å²) >= 11 is 0. The quantitative estimate of drug-likeness (QED) is 0.445. The Morgan fingerprint density at radius 2 is 2.07 bits per heavy atom. The van der Waals surface area contributed by atoms with Crippen molar-refractivity contribution in [2.75, 3.05) is 19.0 Å². The van der Waals surface area contributed by atoms with Crippen LogP contribution in [-0.4, -0.2) is 30.5 Å². The van der Waals surface area contributed by atoms with E-state index in [1.54, 1.807) is 6.92 Å². The molecule has 2 fully saturated rings. The molecule has 0 radical (unpaired) electrons. The van der Waals surface area contributed by atoms with Crippen LogP contribution in [0.15, 0.2) is 12.1 Å². The second-order valence-corrected chi connectivity index (χ2v) is 7.44. The Morgan fingerprint density at radius 1 is 1.30 bits per heavy atom. The van der Waals surface area contributed by atoms with Crippen LogP contribution in [0.1, 0.15) is 37.7 Å². The summed E-state index contributed by atoms with van der Waals surface area (Å²) in [6, 6.07) is 2.72. The number of nitrogens with one attached hydrogen (secondary N) is 1. The highest BCUT2D eigenvalue weighted by molar-refractivity contribution is 5.94.